The minimum Gasteiger partial charge on any atom is -0.462 e. The van der Waals surface area contributed by atoms with Gasteiger partial charge >= 0.3 is 19.8 Å². The Labute approximate surface area is 360 Å². The van der Waals surface area contributed by atoms with E-state index in [9.17, 15) is 29.3 Å². The molecule has 0 aliphatic carbocycles. The molecule has 0 aromatic heterocycles. The molecule has 0 aromatic carbocycles. The van der Waals surface area contributed by atoms with Crippen molar-refractivity contribution in [2.75, 3.05) is 26.4 Å². The highest BCUT2D eigenvalue weighted by atomic mass is 31.2. The number of ether oxygens (including phenoxy) is 2. The van der Waals surface area contributed by atoms with Gasteiger partial charge in [0, 0.05) is 12.8 Å². The Kier molecular flexibility index (Phi) is 39.1. The van der Waals surface area contributed by atoms with E-state index in [0.29, 0.717) is 25.7 Å². The van der Waals surface area contributed by atoms with Crippen molar-refractivity contribution in [2.45, 2.75) is 128 Å². The number of allylic oxidation sites excluding steroid dienone is 21. The highest BCUT2D eigenvalue weighted by Crippen LogP contribution is 2.43. The predicted molar refractivity (Wildman–Crippen MR) is 243 cm³/mol. The molecule has 336 valence electrons. The Morgan fingerprint density at radius 2 is 1.03 bits per heavy atom. The predicted octanol–water partition coefficient (Wildman–Crippen LogP) is 10.3. The molecular weight excluding hydrogens is 783 g/mol. The van der Waals surface area contributed by atoms with Crippen LogP contribution in [0.15, 0.2) is 134 Å². The molecule has 12 heteroatoms. The van der Waals surface area contributed by atoms with Crippen LogP contribution in [0.2, 0.25) is 0 Å². The van der Waals surface area contributed by atoms with Crippen LogP contribution in [0.4, 0.5) is 0 Å². The van der Waals surface area contributed by atoms with Crippen LogP contribution in [0.3, 0.4) is 0 Å². The van der Waals surface area contributed by atoms with Crippen LogP contribution < -0.4 is 0 Å². The minimum absolute atomic E-state index is 0.0670. The molecule has 0 saturated heterocycles. The van der Waals surface area contributed by atoms with Gasteiger partial charge in [-0.2, -0.15) is 0 Å². The van der Waals surface area contributed by atoms with Crippen LogP contribution in [-0.2, 0) is 32.7 Å². The average Bonchev–Trinajstić information content (AvgIpc) is 3.24. The molecule has 0 radical (unpaired) electrons. The van der Waals surface area contributed by atoms with E-state index in [1.54, 1.807) is 6.08 Å². The Morgan fingerprint density at radius 3 is 1.53 bits per heavy atom. The van der Waals surface area contributed by atoms with Gasteiger partial charge in [-0.15, -0.1) is 0 Å². The summed E-state index contributed by atoms with van der Waals surface area (Å²) >= 11 is 0. The molecule has 1 unspecified atom stereocenters. The van der Waals surface area contributed by atoms with Crippen LogP contribution in [0, 0.1) is 0 Å². The summed E-state index contributed by atoms with van der Waals surface area (Å²) in [6.07, 6.45) is 52.5. The van der Waals surface area contributed by atoms with E-state index in [-0.39, 0.29) is 12.8 Å². The third kappa shape index (κ3) is 40.8. The molecule has 4 N–H and O–H groups in total. The number of unbranched alkanes of at least 4 members (excludes halogenated alkanes) is 1. The fraction of sp³-hybridized carbons (Fsp3) is 0.500. The third-order valence-corrected chi connectivity index (χ3v) is 8.92. The Hall–Kier alpha value is -3.93. The zero-order valence-electron chi connectivity index (χ0n) is 36.0. The van der Waals surface area contributed by atoms with Gasteiger partial charge in [-0.05, 0) is 83.5 Å². The van der Waals surface area contributed by atoms with Crippen molar-refractivity contribution in [3.05, 3.63) is 134 Å². The quantitative estimate of drug-likeness (QED) is 0.0154. The summed E-state index contributed by atoms with van der Waals surface area (Å²) in [5.41, 5.74) is 0. The molecule has 0 aliphatic heterocycles. The van der Waals surface area contributed by atoms with Crippen LogP contribution in [-0.4, -0.2) is 76.9 Å². The third-order valence-electron chi connectivity index (χ3n) is 7.97. The van der Waals surface area contributed by atoms with E-state index in [1.165, 1.54) is 0 Å². The first-order chi connectivity index (χ1) is 29.1. The van der Waals surface area contributed by atoms with Crippen molar-refractivity contribution in [3.63, 3.8) is 0 Å². The number of aliphatic hydroxyl groups is 3. The van der Waals surface area contributed by atoms with Gasteiger partial charge in [-0.25, -0.2) is 4.57 Å². The zero-order valence-corrected chi connectivity index (χ0v) is 36.9. The van der Waals surface area contributed by atoms with E-state index in [4.69, 9.17) is 19.1 Å². The topological polar surface area (TPSA) is 169 Å². The molecule has 60 heavy (non-hydrogen) atoms. The molecule has 0 amide bonds. The number of hydrogen-bond acceptors (Lipinski definition) is 10. The van der Waals surface area contributed by atoms with E-state index in [2.05, 4.69) is 96.5 Å². The Balaban J connectivity index is 4.58. The van der Waals surface area contributed by atoms with Gasteiger partial charge in [0.15, 0.2) is 6.10 Å². The molecule has 0 saturated carbocycles. The van der Waals surface area contributed by atoms with Gasteiger partial charge in [0.25, 0.3) is 0 Å². The standard InChI is InChI=1S/C48H73O11P/c1-3-5-6-7-8-9-10-11-12-13-14-15-16-20-23-26-29-32-35-38-47(52)56-42-46(43-58-60(54,55)57-41-45(51)40-49)59-48(53)39-36-33-30-27-24-21-18-17-19-22-25-28-31-34-37-44(50)4-2/h5-6,8-9,11-12,14-15,18-23,27-32,34,37,44-46,49-51H,3-4,7,10,13,16-17,24-26,33,35-36,38-43H2,1-2H3,(H,54,55)/b6-5-,9-8-,12-11-,15-14-,21-18-,22-19-,23-20-,30-27-,31-28-,32-29-,37-34+/t44-,45+,46-/m1/s1. The van der Waals surface area contributed by atoms with Gasteiger partial charge in [-0.3, -0.25) is 18.6 Å². The fourth-order valence-corrected chi connectivity index (χ4v) is 5.38. The van der Waals surface area contributed by atoms with Crippen molar-refractivity contribution in [1.29, 1.82) is 0 Å². The zero-order chi connectivity index (χ0) is 44.2. The fourth-order valence-electron chi connectivity index (χ4n) is 4.59. The van der Waals surface area contributed by atoms with Crippen molar-refractivity contribution in [3.8, 4) is 0 Å². The molecule has 0 aromatic rings. The number of hydrogen-bond donors (Lipinski definition) is 4. The summed E-state index contributed by atoms with van der Waals surface area (Å²) in [5, 5.41) is 27.8. The summed E-state index contributed by atoms with van der Waals surface area (Å²) in [7, 11) is -4.67. The number of carbonyl (C=O) groups excluding carboxylic acids is 2. The smallest absolute Gasteiger partial charge is 0.462 e. The maximum absolute atomic E-state index is 12.6. The summed E-state index contributed by atoms with van der Waals surface area (Å²) in [6.45, 7) is 1.73. The van der Waals surface area contributed by atoms with E-state index in [1.807, 2.05) is 49.5 Å². The number of rotatable bonds is 37. The van der Waals surface area contributed by atoms with E-state index < -0.39 is 64.5 Å². The normalized spacial score (nSPS) is 15.6. The van der Waals surface area contributed by atoms with Crippen LogP contribution >= 0.6 is 7.82 Å². The van der Waals surface area contributed by atoms with Crippen molar-refractivity contribution >= 4 is 19.8 Å². The van der Waals surface area contributed by atoms with Gasteiger partial charge < -0.3 is 29.7 Å². The Morgan fingerprint density at radius 1 is 0.567 bits per heavy atom. The molecule has 11 nitrogen and oxygen atoms in total. The second-order valence-electron chi connectivity index (χ2n) is 13.4. The summed E-state index contributed by atoms with van der Waals surface area (Å²) in [4.78, 5) is 34.9. The molecule has 0 aliphatic rings. The maximum Gasteiger partial charge on any atom is 0.472 e. The lowest BCUT2D eigenvalue weighted by molar-refractivity contribution is -0.161. The number of aliphatic hydroxyl groups excluding tert-OH is 3. The molecule has 0 heterocycles. The van der Waals surface area contributed by atoms with Gasteiger partial charge in [0.1, 0.15) is 12.7 Å². The lowest BCUT2D eigenvalue weighted by Gasteiger charge is -2.20. The van der Waals surface area contributed by atoms with Crippen LogP contribution in [0.1, 0.15) is 110 Å². The highest BCUT2D eigenvalue weighted by Gasteiger charge is 2.27. The van der Waals surface area contributed by atoms with Crippen LogP contribution in [0.25, 0.3) is 0 Å². The molecular formula is C48H73O11P. The maximum atomic E-state index is 12.6. The van der Waals surface area contributed by atoms with Crippen molar-refractivity contribution < 1.29 is 52.9 Å². The lowest BCUT2D eigenvalue weighted by atomic mass is 10.2. The van der Waals surface area contributed by atoms with Crippen molar-refractivity contribution in [2.24, 2.45) is 0 Å². The number of esters is 2. The first kappa shape index (κ1) is 56.1. The second kappa shape index (κ2) is 41.8. The molecule has 0 fully saturated rings. The number of carbonyl (C=O) groups is 2. The molecule has 0 bridgehead atoms. The van der Waals surface area contributed by atoms with Gasteiger partial charge in [0.2, 0.25) is 0 Å². The summed E-state index contributed by atoms with van der Waals surface area (Å²) in [5.74, 6) is -1.13. The Bertz CT molecular complexity index is 1470. The minimum atomic E-state index is -4.67. The monoisotopic (exact) mass is 856 g/mol. The van der Waals surface area contributed by atoms with Crippen LogP contribution in [0.5, 0.6) is 0 Å². The summed E-state index contributed by atoms with van der Waals surface area (Å²) in [6, 6.07) is 0. The van der Waals surface area contributed by atoms with E-state index in [0.717, 1.165) is 57.8 Å². The second-order valence-corrected chi connectivity index (χ2v) is 14.9. The largest absolute Gasteiger partial charge is 0.472 e. The average molecular weight is 857 g/mol. The SMILES string of the molecule is CC/C=C\C/C=C\C/C=C\C/C=C\C/C=C\C/C=C\CCC(=O)OC[C@H](COP(=O)(O)OC[C@@H](O)CO)OC(=O)CCC/C=C\C/C=C\C/C=C\C/C=C\C=C\[C@H](O)CC. The molecule has 0 rings (SSSR count). The molecule has 0 spiro atoms. The number of phosphoric ester groups is 1. The van der Waals surface area contributed by atoms with Gasteiger partial charge in [-0.1, -0.05) is 148 Å². The molecule has 4 atom stereocenters. The summed E-state index contributed by atoms with van der Waals surface area (Å²) < 4.78 is 32.5. The lowest BCUT2D eigenvalue weighted by Crippen LogP contribution is -2.29. The first-order valence-corrected chi connectivity index (χ1v) is 22.7. The van der Waals surface area contributed by atoms with Crippen molar-refractivity contribution in [1.82, 2.24) is 0 Å². The van der Waals surface area contributed by atoms with Gasteiger partial charge in [0.05, 0.1) is 25.9 Å². The van der Waals surface area contributed by atoms with E-state index >= 15 is 0 Å². The number of phosphoric acid groups is 1. The highest BCUT2D eigenvalue weighted by molar-refractivity contribution is 7.47. The first-order valence-electron chi connectivity index (χ1n) is 21.3.